The van der Waals surface area contributed by atoms with Gasteiger partial charge in [0.15, 0.2) is 0 Å². The number of hydrogen-bond acceptors (Lipinski definition) is 5. The van der Waals surface area contributed by atoms with Crippen molar-refractivity contribution in [3.8, 4) is 0 Å². The molecule has 0 bridgehead atoms. The summed E-state index contributed by atoms with van der Waals surface area (Å²) in [6.07, 6.45) is 67.2. The van der Waals surface area contributed by atoms with E-state index in [1.807, 2.05) is 66.8 Å². The van der Waals surface area contributed by atoms with Gasteiger partial charge in [-0.05, 0) is 64.2 Å². The maximum absolute atomic E-state index is 13.2. The van der Waals surface area contributed by atoms with Crippen molar-refractivity contribution < 1.29 is 24.5 Å². The Morgan fingerprint density at radius 1 is 0.476 bits per heavy atom. The van der Waals surface area contributed by atoms with Gasteiger partial charge in [0.05, 0.1) is 25.2 Å². The lowest BCUT2D eigenvalue weighted by atomic mass is 10.0. The predicted octanol–water partition coefficient (Wildman–Crippen LogP) is 15.5. The van der Waals surface area contributed by atoms with Crippen molar-refractivity contribution in [2.75, 3.05) is 6.61 Å². The van der Waals surface area contributed by atoms with Gasteiger partial charge in [-0.25, -0.2) is 0 Å². The van der Waals surface area contributed by atoms with Crippen molar-refractivity contribution in [2.45, 2.75) is 232 Å². The van der Waals surface area contributed by atoms with Gasteiger partial charge in [0.1, 0.15) is 6.10 Å². The molecule has 0 aromatic rings. The second kappa shape index (κ2) is 49.5. The minimum atomic E-state index is -0.812. The second-order valence-electron chi connectivity index (χ2n) is 17.0. The summed E-state index contributed by atoms with van der Waals surface area (Å²) < 4.78 is 5.89. The number of carbonyl (C=O) groups excluding carboxylic acids is 2. The summed E-state index contributed by atoms with van der Waals surface area (Å²) >= 11 is 0. The van der Waals surface area contributed by atoms with E-state index in [0.29, 0.717) is 19.3 Å². The highest BCUT2D eigenvalue weighted by atomic mass is 16.5. The summed E-state index contributed by atoms with van der Waals surface area (Å²) in [6, 6.07) is -0.729. The normalized spacial score (nSPS) is 14.2. The molecule has 0 rings (SSSR count). The molecule has 0 aromatic heterocycles. The smallest absolute Gasteiger partial charge is 0.306 e. The van der Waals surface area contributed by atoms with E-state index in [1.165, 1.54) is 83.5 Å². The molecule has 0 aromatic carbocycles. The van der Waals surface area contributed by atoms with E-state index in [2.05, 4.69) is 68.6 Å². The Labute approximate surface area is 388 Å². The van der Waals surface area contributed by atoms with Crippen LogP contribution >= 0.6 is 0 Å². The molecule has 0 fully saturated rings. The largest absolute Gasteiger partial charge is 0.462 e. The number of aliphatic hydroxyl groups is 2. The van der Waals surface area contributed by atoms with E-state index in [1.54, 1.807) is 0 Å². The van der Waals surface area contributed by atoms with Gasteiger partial charge < -0.3 is 20.3 Å². The summed E-state index contributed by atoms with van der Waals surface area (Å²) in [5, 5.41) is 23.8. The van der Waals surface area contributed by atoms with Crippen LogP contribution in [0.25, 0.3) is 0 Å². The fourth-order valence-corrected chi connectivity index (χ4v) is 7.23. The van der Waals surface area contributed by atoms with E-state index in [0.717, 1.165) is 83.5 Å². The molecule has 358 valence electrons. The van der Waals surface area contributed by atoms with Crippen LogP contribution in [0.5, 0.6) is 0 Å². The van der Waals surface area contributed by atoms with Gasteiger partial charge >= 0.3 is 5.97 Å². The number of aliphatic hydroxyl groups excluding tert-OH is 2. The molecule has 1 amide bonds. The Morgan fingerprint density at radius 3 is 1.30 bits per heavy atom. The maximum Gasteiger partial charge on any atom is 0.306 e. The van der Waals surface area contributed by atoms with E-state index in [9.17, 15) is 19.8 Å². The molecule has 0 heterocycles. The first-order chi connectivity index (χ1) is 31.0. The molecule has 3 unspecified atom stereocenters. The number of nitrogens with one attached hydrogen (secondary N) is 1. The third kappa shape index (κ3) is 44.9. The number of unbranched alkanes of at least 4 members (excludes halogenated alkanes) is 21. The van der Waals surface area contributed by atoms with Crippen LogP contribution in [0.3, 0.4) is 0 Å². The Morgan fingerprint density at radius 2 is 0.857 bits per heavy atom. The van der Waals surface area contributed by atoms with Crippen molar-refractivity contribution in [1.82, 2.24) is 5.32 Å². The number of allylic oxidation sites excluding steroid dienone is 18. The van der Waals surface area contributed by atoms with Gasteiger partial charge in [-0.1, -0.05) is 246 Å². The molecule has 3 atom stereocenters. The monoisotopic (exact) mass is 874 g/mol. The average Bonchev–Trinajstić information content (AvgIpc) is 3.28. The Hall–Kier alpha value is -3.48. The second-order valence-corrected chi connectivity index (χ2v) is 17.0. The van der Waals surface area contributed by atoms with Crippen LogP contribution in [0.2, 0.25) is 0 Å². The molecule has 0 saturated carbocycles. The summed E-state index contributed by atoms with van der Waals surface area (Å²) in [5.41, 5.74) is 0. The van der Waals surface area contributed by atoms with Crippen LogP contribution in [0, 0.1) is 0 Å². The Bertz CT molecular complexity index is 1300. The summed E-state index contributed by atoms with van der Waals surface area (Å²) in [4.78, 5) is 26.1. The van der Waals surface area contributed by atoms with E-state index < -0.39 is 18.2 Å². The maximum atomic E-state index is 13.2. The van der Waals surface area contributed by atoms with Gasteiger partial charge in [0, 0.05) is 6.42 Å². The molecule has 0 radical (unpaired) electrons. The van der Waals surface area contributed by atoms with Gasteiger partial charge in [0.25, 0.3) is 0 Å². The van der Waals surface area contributed by atoms with E-state index in [4.69, 9.17) is 4.74 Å². The van der Waals surface area contributed by atoms with E-state index in [-0.39, 0.29) is 24.9 Å². The van der Waals surface area contributed by atoms with Gasteiger partial charge in [-0.2, -0.15) is 0 Å². The molecule has 3 N–H and O–H groups in total. The number of rotatable bonds is 44. The van der Waals surface area contributed by atoms with Crippen LogP contribution < -0.4 is 5.32 Å². The van der Waals surface area contributed by atoms with Gasteiger partial charge in [0.2, 0.25) is 5.91 Å². The van der Waals surface area contributed by atoms with Crippen molar-refractivity contribution in [3.63, 3.8) is 0 Å². The molecule has 0 aliphatic carbocycles. The standard InChI is InChI=1S/C57H95NO5/c1-4-7-10-13-16-19-22-24-26-28-30-32-35-38-41-44-47-50-57(62)63-53(48-45-42-39-36-33-21-18-15-12-9-6-3)51-56(61)58-54(52-59)55(60)49-46-43-40-37-34-31-29-27-25-23-20-17-14-11-8-5-2/h7,9-10,12-13,15-16,18-19,21-22,24,26,28,30,32-33,35,53-55,59-60H,4-6,8,11,14,17,20,23,25,27,29,31,34,36-52H2,1-3H3,(H,58,61)/b10-7-,12-9+,16-13+,18-15+,22-19+,26-24-,30-28+,33-21-,35-32+. The van der Waals surface area contributed by atoms with Crippen LogP contribution in [-0.2, 0) is 14.3 Å². The van der Waals surface area contributed by atoms with E-state index >= 15 is 0 Å². The molecule has 6 heteroatoms. The molecule has 0 aliphatic rings. The SMILES string of the molecule is CC\C=C/C=C/C=C/C=C\C=C\C=C\CCCCCC(=O)OC(CCCCC\C=C/C=C/C=C/CC)CC(=O)NC(CO)C(O)CCCCCCCCCCCCCCCCCC. The van der Waals surface area contributed by atoms with Crippen molar-refractivity contribution in [3.05, 3.63) is 109 Å². The fraction of sp³-hybridized carbons (Fsp3) is 0.649. The van der Waals surface area contributed by atoms with Crippen molar-refractivity contribution in [1.29, 1.82) is 0 Å². The highest BCUT2D eigenvalue weighted by Gasteiger charge is 2.24. The zero-order valence-electron chi connectivity index (χ0n) is 40.7. The number of amides is 1. The topological polar surface area (TPSA) is 95.9 Å². The van der Waals surface area contributed by atoms with Gasteiger partial charge in [-0.3, -0.25) is 9.59 Å². The van der Waals surface area contributed by atoms with Crippen molar-refractivity contribution in [2.24, 2.45) is 0 Å². The number of hydrogen-bond donors (Lipinski definition) is 3. The third-order valence-electron chi connectivity index (χ3n) is 11.1. The molecule has 0 spiro atoms. The zero-order valence-corrected chi connectivity index (χ0v) is 40.7. The summed E-state index contributed by atoms with van der Waals surface area (Å²) in [7, 11) is 0. The van der Waals surface area contributed by atoms with Gasteiger partial charge in [-0.15, -0.1) is 0 Å². The Kier molecular flexibility index (Phi) is 46.8. The summed E-state index contributed by atoms with van der Waals surface area (Å²) in [6.45, 7) is 6.18. The minimum Gasteiger partial charge on any atom is -0.462 e. The minimum absolute atomic E-state index is 0.0292. The highest BCUT2D eigenvalue weighted by molar-refractivity contribution is 5.77. The van der Waals surface area contributed by atoms with Crippen molar-refractivity contribution >= 4 is 11.9 Å². The van der Waals surface area contributed by atoms with Crippen LogP contribution in [0.4, 0.5) is 0 Å². The average molecular weight is 874 g/mol. The lowest BCUT2D eigenvalue weighted by Gasteiger charge is -2.24. The quantitative estimate of drug-likeness (QED) is 0.0322. The molecule has 6 nitrogen and oxygen atoms in total. The molecule has 63 heavy (non-hydrogen) atoms. The first-order valence-corrected chi connectivity index (χ1v) is 25.7. The number of carbonyl (C=O) groups is 2. The molecule has 0 aliphatic heterocycles. The molecular formula is C57H95NO5. The van der Waals surface area contributed by atoms with Crippen LogP contribution in [0.1, 0.15) is 213 Å². The first kappa shape index (κ1) is 59.5. The molecular weight excluding hydrogens is 779 g/mol. The lowest BCUT2D eigenvalue weighted by Crippen LogP contribution is -2.46. The van der Waals surface area contributed by atoms with Crippen LogP contribution in [0.15, 0.2) is 109 Å². The third-order valence-corrected chi connectivity index (χ3v) is 11.1. The zero-order chi connectivity index (χ0) is 45.9. The highest BCUT2D eigenvalue weighted by Crippen LogP contribution is 2.17. The Balaban J connectivity index is 4.64. The number of ether oxygens (including phenoxy) is 1. The van der Waals surface area contributed by atoms with Crippen LogP contribution in [-0.4, -0.2) is 46.9 Å². The lowest BCUT2D eigenvalue weighted by molar-refractivity contribution is -0.151. The summed E-state index contributed by atoms with van der Waals surface area (Å²) in [5.74, 6) is -0.570. The fourth-order valence-electron chi connectivity index (χ4n) is 7.23. The first-order valence-electron chi connectivity index (χ1n) is 25.7. The number of esters is 1. The predicted molar refractivity (Wildman–Crippen MR) is 273 cm³/mol. The molecule has 0 saturated heterocycles.